The van der Waals surface area contributed by atoms with E-state index in [0.717, 1.165) is 11.1 Å². The lowest BCUT2D eigenvalue weighted by Crippen LogP contribution is -2.20. The molecule has 4 nitrogen and oxygen atoms in total. The summed E-state index contributed by atoms with van der Waals surface area (Å²) in [6.07, 6.45) is 0. The highest BCUT2D eigenvalue weighted by molar-refractivity contribution is 6.31. The molecule has 21 heavy (non-hydrogen) atoms. The summed E-state index contributed by atoms with van der Waals surface area (Å²) in [6.45, 7) is 3.71. The third-order valence-corrected chi connectivity index (χ3v) is 3.46. The number of anilines is 2. The largest absolute Gasteiger partial charge is 0.484 e. The van der Waals surface area contributed by atoms with Gasteiger partial charge in [-0.2, -0.15) is 0 Å². The number of nitrogen functional groups attached to an aromatic ring is 1. The fourth-order valence-corrected chi connectivity index (χ4v) is 1.93. The number of ether oxygens (including phenoxy) is 1. The Morgan fingerprint density at radius 2 is 1.95 bits per heavy atom. The maximum absolute atomic E-state index is 11.9. The minimum atomic E-state index is -0.240. The number of carbonyl (C=O) groups is 1. The van der Waals surface area contributed by atoms with Gasteiger partial charge >= 0.3 is 0 Å². The Morgan fingerprint density at radius 1 is 1.19 bits per heavy atom. The maximum atomic E-state index is 11.9. The van der Waals surface area contributed by atoms with E-state index in [-0.39, 0.29) is 12.5 Å². The normalized spacial score (nSPS) is 10.2. The molecule has 5 heteroatoms. The van der Waals surface area contributed by atoms with Crippen molar-refractivity contribution in [3.05, 3.63) is 52.5 Å². The van der Waals surface area contributed by atoms with Crippen molar-refractivity contribution in [2.24, 2.45) is 0 Å². The molecule has 1 amide bonds. The monoisotopic (exact) mass is 304 g/mol. The van der Waals surface area contributed by atoms with Crippen LogP contribution < -0.4 is 15.8 Å². The summed E-state index contributed by atoms with van der Waals surface area (Å²) in [6, 6.07) is 10.6. The van der Waals surface area contributed by atoms with Crippen LogP contribution in [-0.2, 0) is 4.79 Å². The van der Waals surface area contributed by atoms with Gasteiger partial charge in [0.15, 0.2) is 6.61 Å². The molecule has 0 fully saturated rings. The van der Waals surface area contributed by atoms with Gasteiger partial charge in [0, 0.05) is 16.4 Å². The summed E-state index contributed by atoms with van der Waals surface area (Å²) in [5, 5.41) is 3.45. The predicted molar refractivity (Wildman–Crippen MR) is 85.9 cm³/mol. The van der Waals surface area contributed by atoms with E-state index in [2.05, 4.69) is 5.32 Å². The van der Waals surface area contributed by atoms with Crippen molar-refractivity contribution in [1.82, 2.24) is 0 Å². The number of hydrogen-bond donors (Lipinski definition) is 2. The molecule has 0 saturated carbocycles. The minimum absolute atomic E-state index is 0.0741. The Labute approximate surface area is 128 Å². The second-order valence-electron chi connectivity index (χ2n) is 4.82. The zero-order chi connectivity index (χ0) is 15.4. The molecular weight excluding hydrogens is 288 g/mol. The lowest BCUT2D eigenvalue weighted by Gasteiger charge is -2.11. The van der Waals surface area contributed by atoms with Crippen LogP contribution in [0.25, 0.3) is 0 Å². The summed E-state index contributed by atoms with van der Waals surface area (Å²) < 4.78 is 5.44. The molecule has 0 atom stereocenters. The number of hydrogen-bond acceptors (Lipinski definition) is 3. The Hall–Kier alpha value is -2.20. The van der Waals surface area contributed by atoms with Gasteiger partial charge in [0.2, 0.25) is 0 Å². The van der Waals surface area contributed by atoms with Gasteiger partial charge in [-0.1, -0.05) is 17.7 Å². The molecule has 0 heterocycles. The van der Waals surface area contributed by atoms with Gasteiger partial charge < -0.3 is 15.8 Å². The van der Waals surface area contributed by atoms with Crippen LogP contribution in [0.1, 0.15) is 11.1 Å². The van der Waals surface area contributed by atoms with E-state index in [0.29, 0.717) is 22.1 Å². The average Bonchev–Trinajstić information content (AvgIpc) is 2.44. The second-order valence-corrected chi connectivity index (χ2v) is 5.23. The fourth-order valence-electron chi connectivity index (χ4n) is 1.82. The molecule has 2 aromatic carbocycles. The van der Waals surface area contributed by atoms with Crippen LogP contribution in [0.3, 0.4) is 0 Å². The number of carbonyl (C=O) groups excluding carboxylic acids is 1. The Morgan fingerprint density at radius 3 is 2.67 bits per heavy atom. The van der Waals surface area contributed by atoms with Crippen LogP contribution in [-0.4, -0.2) is 12.5 Å². The summed E-state index contributed by atoms with van der Waals surface area (Å²) in [7, 11) is 0. The first-order valence-electron chi connectivity index (χ1n) is 6.50. The molecule has 2 rings (SSSR count). The maximum Gasteiger partial charge on any atom is 0.262 e. The lowest BCUT2D eigenvalue weighted by molar-refractivity contribution is -0.118. The smallest absolute Gasteiger partial charge is 0.262 e. The average molecular weight is 305 g/mol. The number of nitrogens with one attached hydrogen (secondary N) is 1. The van der Waals surface area contributed by atoms with Crippen molar-refractivity contribution in [2.75, 3.05) is 17.7 Å². The summed E-state index contributed by atoms with van der Waals surface area (Å²) in [5.74, 6) is 0.368. The first-order valence-corrected chi connectivity index (χ1v) is 6.88. The van der Waals surface area contributed by atoms with E-state index < -0.39 is 0 Å². The van der Waals surface area contributed by atoms with Gasteiger partial charge in [-0.25, -0.2) is 0 Å². The number of nitrogens with two attached hydrogens (primary N) is 1. The van der Waals surface area contributed by atoms with Crippen molar-refractivity contribution in [3.63, 3.8) is 0 Å². The quantitative estimate of drug-likeness (QED) is 0.849. The topological polar surface area (TPSA) is 64.3 Å². The molecule has 0 spiro atoms. The van der Waals surface area contributed by atoms with Gasteiger partial charge in [-0.3, -0.25) is 4.79 Å². The standard InChI is InChI=1S/C16H17ClN2O2/c1-10-3-4-12(18)8-15(10)19-16(20)9-21-13-5-6-14(17)11(2)7-13/h3-8H,9,18H2,1-2H3,(H,19,20). The highest BCUT2D eigenvalue weighted by Gasteiger charge is 2.07. The number of halogens is 1. The highest BCUT2D eigenvalue weighted by Crippen LogP contribution is 2.21. The fraction of sp³-hybridized carbons (Fsp3) is 0.188. The zero-order valence-electron chi connectivity index (χ0n) is 11.9. The molecule has 3 N–H and O–H groups in total. The highest BCUT2D eigenvalue weighted by atomic mass is 35.5. The molecule has 110 valence electrons. The van der Waals surface area contributed by atoms with Crippen LogP contribution in [0, 0.1) is 13.8 Å². The first-order chi connectivity index (χ1) is 9.95. The van der Waals surface area contributed by atoms with E-state index in [4.69, 9.17) is 22.1 Å². The minimum Gasteiger partial charge on any atom is -0.484 e. The molecule has 0 aliphatic heterocycles. The lowest BCUT2D eigenvalue weighted by atomic mass is 10.2. The van der Waals surface area contributed by atoms with Crippen LogP contribution >= 0.6 is 11.6 Å². The van der Waals surface area contributed by atoms with Crippen LogP contribution in [0.5, 0.6) is 5.75 Å². The van der Waals surface area contributed by atoms with Gasteiger partial charge in [0.25, 0.3) is 5.91 Å². The summed E-state index contributed by atoms with van der Waals surface area (Å²) >= 11 is 5.94. The van der Waals surface area contributed by atoms with Crippen LogP contribution in [0.15, 0.2) is 36.4 Å². The first kappa shape index (κ1) is 15.2. The number of benzene rings is 2. The molecule has 0 aromatic heterocycles. The van der Waals surface area contributed by atoms with Gasteiger partial charge in [-0.15, -0.1) is 0 Å². The molecule has 0 aliphatic rings. The second kappa shape index (κ2) is 6.50. The van der Waals surface area contributed by atoms with Crippen molar-refractivity contribution >= 4 is 28.9 Å². The van der Waals surface area contributed by atoms with E-state index in [1.54, 1.807) is 30.3 Å². The van der Waals surface area contributed by atoms with Crippen molar-refractivity contribution in [2.45, 2.75) is 13.8 Å². The zero-order valence-corrected chi connectivity index (χ0v) is 12.7. The molecule has 2 aromatic rings. The third kappa shape index (κ3) is 4.13. The van der Waals surface area contributed by atoms with Gasteiger partial charge in [-0.05, 0) is 55.3 Å². The van der Waals surface area contributed by atoms with Crippen LogP contribution in [0.2, 0.25) is 5.02 Å². The number of aryl methyl sites for hydroxylation is 2. The number of rotatable bonds is 4. The summed E-state index contributed by atoms with van der Waals surface area (Å²) in [4.78, 5) is 11.9. The van der Waals surface area contributed by atoms with Gasteiger partial charge in [0.1, 0.15) is 5.75 Å². The van der Waals surface area contributed by atoms with E-state index in [1.807, 2.05) is 19.9 Å². The van der Waals surface area contributed by atoms with E-state index >= 15 is 0 Å². The van der Waals surface area contributed by atoms with Crippen molar-refractivity contribution in [1.29, 1.82) is 0 Å². The summed E-state index contributed by atoms with van der Waals surface area (Å²) in [5.41, 5.74) is 8.84. The molecule has 0 saturated heterocycles. The molecule has 0 bridgehead atoms. The Kier molecular flexibility index (Phi) is 4.70. The van der Waals surface area contributed by atoms with Crippen molar-refractivity contribution < 1.29 is 9.53 Å². The molecule has 0 unspecified atom stereocenters. The number of amides is 1. The van der Waals surface area contributed by atoms with Crippen molar-refractivity contribution in [3.8, 4) is 5.75 Å². The molecule has 0 aliphatic carbocycles. The third-order valence-electron chi connectivity index (χ3n) is 3.04. The SMILES string of the molecule is Cc1cc(OCC(=O)Nc2cc(N)ccc2C)ccc1Cl. The Balaban J connectivity index is 1.95. The van der Waals surface area contributed by atoms with E-state index in [9.17, 15) is 4.79 Å². The van der Waals surface area contributed by atoms with E-state index in [1.165, 1.54) is 0 Å². The predicted octanol–water partition coefficient (Wildman–Crippen LogP) is 3.56. The molecular formula is C16H17ClN2O2. The molecule has 0 radical (unpaired) electrons. The Bertz CT molecular complexity index is 671. The van der Waals surface area contributed by atoms with Gasteiger partial charge in [0.05, 0.1) is 0 Å². The van der Waals surface area contributed by atoms with Crippen LogP contribution in [0.4, 0.5) is 11.4 Å².